The SMILES string of the molecule is Brc1cccn2nc(NCCc3ccncc3)nc12. The molecule has 0 saturated heterocycles. The van der Waals surface area contributed by atoms with Gasteiger partial charge in [-0.15, -0.1) is 5.10 Å². The Morgan fingerprint density at radius 2 is 2.05 bits per heavy atom. The van der Waals surface area contributed by atoms with Crippen molar-refractivity contribution < 1.29 is 0 Å². The quantitative estimate of drug-likeness (QED) is 0.803. The molecule has 3 aromatic rings. The van der Waals surface area contributed by atoms with Gasteiger partial charge in [0, 0.05) is 25.1 Å². The molecule has 3 aromatic heterocycles. The van der Waals surface area contributed by atoms with Gasteiger partial charge in [0.2, 0.25) is 5.95 Å². The van der Waals surface area contributed by atoms with Crippen LogP contribution in [0.15, 0.2) is 47.3 Å². The second-order valence-electron chi connectivity index (χ2n) is 4.09. The lowest BCUT2D eigenvalue weighted by Crippen LogP contribution is -2.06. The van der Waals surface area contributed by atoms with E-state index in [1.54, 1.807) is 16.9 Å². The number of anilines is 1. The van der Waals surface area contributed by atoms with Crippen LogP contribution in [0.2, 0.25) is 0 Å². The summed E-state index contributed by atoms with van der Waals surface area (Å²) in [5, 5.41) is 7.58. The van der Waals surface area contributed by atoms with Crippen molar-refractivity contribution >= 4 is 27.5 Å². The van der Waals surface area contributed by atoms with Crippen LogP contribution >= 0.6 is 15.9 Å². The van der Waals surface area contributed by atoms with Crippen LogP contribution in [-0.2, 0) is 6.42 Å². The van der Waals surface area contributed by atoms with E-state index in [0.29, 0.717) is 5.95 Å². The summed E-state index contributed by atoms with van der Waals surface area (Å²) in [7, 11) is 0. The minimum absolute atomic E-state index is 0.640. The van der Waals surface area contributed by atoms with Gasteiger partial charge in [-0.1, -0.05) is 0 Å². The van der Waals surface area contributed by atoms with Crippen LogP contribution in [0, 0.1) is 0 Å². The third-order valence-electron chi connectivity index (χ3n) is 2.76. The topological polar surface area (TPSA) is 55.1 Å². The molecule has 0 unspecified atom stereocenters. The highest BCUT2D eigenvalue weighted by Crippen LogP contribution is 2.16. The molecule has 0 bridgehead atoms. The van der Waals surface area contributed by atoms with E-state index >= 15 is 0 Å². The maximum atomic E-state index is 4.42. The molecule has 0 amide bonds. The summed E-state index contributed by atoms with van der Waals surface area (Å²) in [5.74, 6) is 0.640. The second-order valence-corrected chi connectivity index (χ2v) is 4.95. The number of aromatic nitrogens is 4. The van der Waals surface area contributed by atoms with Crippen molar-refractivity contribution in [1.29, 1.82) is 0 Å². The molecule has 0 aliphatic rings. The number of fused-ring (bicyclic) bond motifs is 1. The molecule has 0 aromatic carbocycles. The molecule has 0 fully saturated rings. The van der Waals surface area contributed by atoms with Crippen molar-refractivity contribution in [2.75, 3.05) is 11.9 Å². The van der Waals surface area contributed by atoms with E-state index in [-0.39, 0.29) is 0 Å². The summed E-state index contributed by atoms with van der Waals surface area (Å²) < 4.78 is 2.68. The van der Waals surface area contributed by atoms with E-state index in [4.69, 9.17) is 0 Å². The molecule has 0 radical (unpaired) electrons. The summed E-state index contributed by atoms with van der Waals surface area (Å²) in [6.07, 6.45) is 6.39. The minimum Gasteiger partial charge on any atom is -0.353 e. The largest absolute Gasteiger partial charge is 0.353 e. The third kappa shape index (κ3) is 2.73. The van der Waals surface area contributed by atoms with Crippen molar-refractivity contribution in [2.24, 2.45) is 0 Å². The summed E-state index contributed by atoms with van der Waals surface area (Å²) >= 11 is 3.46. The highest BCUT2D eigenvalue weighted by molar-refractivity contribution is 9.10. The number of nitrogens with zero attached hydrogens (tertiary/aromatic N) is 4. The Labute approximate surface area is 118 Å². The van der Waals surface area contributed by atoms with Gasteiger partial charge in [-0.3, -0.25) is 4.98 Å². The van der Waals surface area contributed by atoms with Gasteiger partial charge in [-0.2, -0.15) is 4.98 Å². The molecule has 96 valence electrons. The highest BCUT2D eigenvalue weighted by atomic mass is 79.9. The molecule has 0 saturated carbocycles. The molecule has 1 N–H and O–H groups in total. The zero-order valence-electron chi connectivity index (χ0n) is 10.1. The molecule has 0 spiro atoms. The zero-order valence-corrected chi connectivity index (χ0v) is 11.7. The standard InChI is InChI=1S/C13H12BrN5/c14-11-2-1-9-19-12(11)17-13(18-19)16-8-5-10-3-6-15-7-4-10/h1-4,6-7,9H,5,8H2,(H,16,18). The smallest absolute Gasteiger partial charge is 0.243 e. The highest BCUT2D eigenvalue weighted by Gasteiger charge is 2.05. The summed E-state index contributed by atoms with van der Waals surface area (Å²) in [6, 6.07) is 7.89. The Bertz CT molecular complexity index is 680. The van der Waals surface area contributed by atoms with Crippen LogP contribution in [0.5, 0.6) is 0 Å². The van der Waals surface area contributed by atoms with Gasteiger partial charge in [-0.05, 0) is 52.2 Å². The molecule has 19 heavy (non-hydrogen) atoms. The molecular formula is C13H12BrN5. The van der Waals surface area contributed by atoms with Crippen molar-refractivity contribution in [3.63, 3.8) is 0 Å². The normalized spacial score (nSPS) is 10.8. The van der Waals surface area contributed by atoms with Crippen molar-refractivity contribution in [3.8, 4) is 0 Å². The van der Waals surface area contributed by atoms with E-state index in [1.807, 2.05) is 30.5 Å². The molecule has 0 aliphatic heterocycles. The molecule has 6 heteroatoms. The van der Waals surface area contributed by atoms with Crippen molar-refractivity contribution in [2.45, 2.75) is 6.42 Å². The van der Waals surface area contributed by atoms with Crippen molar-refractivity contribution in [3.05, 3.63) is 52.9 Å². The monoisotopic (exact) mass is 317 g/mol. The maximum Gasteiger partial charge on any atom is 0.243 e. The third-order valence-corrected chi connectivity index (χ3v) is 3.38. The van der Waals surface area contributed by atoms with Crippen LogP contribution in [-0.4, -0.2) is 26.1 Å². The van der Waals surface area contributed by atoms with Crippen molar-refractivity contribution in [1.82, 2.24) is 19.6 Å². The van der Waals surface area contributed by atoms with Crippen LogP contribution in [0.1, 0.15) is 5.56 Å². The Morgan fingerprint density at radius 3 is 2.84 bits per heavy atom. The number of pyridine rings is 2. The molecule has 3 heterocycles. The van der Waals surface area contributed by atoms with Crippen LogP contribution < -0.4 is 5.32 Å². The summed E-state index contributed by atoms with van der Waals surface area (Å²) in [6.45, 7) is 0.790. The fourth-order valence-corrected chi connectivity index (χ4v) is 2.24. The van der Waals surface area contributed by atoms with Gasteiger partial charge >= 0.3 is 0 Å². The van der Waals surface area contributed by atoms with E-state index in [2.05, 4.69) is 36.3 Å². The first-order valence-corrected chi connectivity index (χ1v) is 6.76. The fourth-order valence-electron chi connectivity index (χ4n) is 1.82. The molecule has 0 aliphatic carbocycles. The zero-order chi connectivity index (χ0) is 13.1. The first kappa shape index (κ1) is 12.1. The molecule has 5 nitrogen and oxygen atoms in total. The van der Waals surface area contributed by atoms with Gasteiger partial charge in [-0.25, -0.2) is 4.52 Å². The average Bonchev–Trinajstić information content (AvgIpc) is 2.84. The van der Waals surface area contributed by atoms with E-state index in [1.165, 1.54) is 5.56 Å². The second kappa shape index (κ2) is 5.36. The predicted molar refractivity (Wildman–Crippen MR) is 77.1 cm³/mol. The molecule has 3 rings (SSSR count). The number of rotatable bonds is 4. The Morgan fingerprint density at radius 1 is 1.21 bits per heavy atom. The van der Waals surface area contributed by atoms with Crippen LogP contribution in [0.4, 0.5) is 5.95 Å². The van der Waals surface area contributed by atoms with E-state index in [0.717, 1.165) is 23.1 Å². The first-order chi connectivity index (χ1) is 9.33. The van der Waals surface area contributed by atoms with Crippen LogP contribution in [0.3, 0.4) is 0 Å². The van der Waals surface area contributed by atoms with Gasteiger partial charge in [0.15, 0.2) is 5.65 Å². The minimum atomic E-state index is 0.640. The Kier molecular flexibility index (Phi) is 3.41. The Hall–Kier alpha value is -1.95. The predicted octanol–water partition coefficient (Wildman–Crippen LogP) is 2.54. The lowest BCUT2D eigenvalue weighted by Gasteiger charge is -2.01. The fraction of sp³-hybridized carbons (Fsp3) is 0.154. The van der Waals surface area contributed by atoms with Gasteiger partial charge in [0.05, 0.1) is 4.47 Å². The lowest BCUT2D eigenvalue weighted by molar-refractivity contribution is 0.935. The summed E-state index contributed by atoms with van der Waals surface area (Å²) in [4.78, 5) is 8.42. The lowest BCUT2D eigenvalue weighted by atomic mass is 10.2. The number of hydrogen-bond acceptors (Lipinski definition) is 4. The van der Waals surface area contributed by atoms with Gasteiger partial charge in [0.25, 0.3) is 0 Å². The van der Waals surface area contributed by atoms with Crippen LogP contribution in [0.25, 0.3) is 5.65 Å². The van der Waals surface area contributed by atoms with E-state index < -0.39 is 0 Å². The number of nitrogens with one attached hydrogen (secondary N) is 1. The average molecular weight is 318 g/mol. The summed E-state index contributed by atoms with van der Waals surface area (Å²) in [5.41, 5.74) is 2.06. The molecular weight excluding hydrogens is 306 g/mol. The first-order valence-electron chi connectivity index (χ1n) is 5.96. The van der Waals surface area contributed by atoms with E-state index in [9.17, 15) is 0 Å². The number of halogens is 1. The maximum absolute atomic E-state index is 4.42. The van der Waals surface area contributed by atoms with Gasteiger partial charge in [0.1, 0.15) is 0 Å². The van der Waals surface area contributed by atoms with Gasteiger partial charge < -0.3 is 5.32 Å². The Balaban J connectivity index is 1.67. The molecule has 0 atom stereocenters. The number of hydrogen-bond donors (Lipinski definition) is 1.